The summed E-state index contributed by atoms with van der Waals surface area (Å²) < 4.78 is -1.27. The van der Waals surface area contributed by atoms with Crippen molar-refractivity contribution in [2.45, 2.75) is 23.6 Å². The van der Waals surface area contributed by atoms with Crippen LogP contribution in [0.5, 0.6) is 0 Å². The van der Waals surface area contributed by atoms with Crippen molar-refractivity contribution >= 4 is 81.2 Å². The fraction of sp³-hybridized carbons (Fsp3) is 0.263. The lowest BCUT2D eigenvalue weighted by Crippen LogP contribution is -2.17. The molecule has 1 aliphatic rings. The van der Waals surface area contributed by atoms with Gasteiger partial charge >= 0.3 is 0 Å². The maximum atomic E-state index is 12.8. The molecule has 2 aromatic rings. The minimum absolute atomic E-state index is 0.189. The predicted octanol–water partition coefficient (Wildman–Crippen LogP) is 6.52. The summed E-state index contributed by atoms with van der Waals surface area (Å²) in [7, 11) is 0. The van der Waals surface area contributed by atoms with E-state index in [9.17, 15) is 9.59 Å². The van der Waals surface area contributed by atoms with E-state index in [2.05, 4.69) is 10.6 Å². The number of rotatable bonds is 5. The number of carbonyl (C=O) groups is 2. The van der Waals surface area contributed by atoms with Crippen LogP contribution in [0.15, 0.2) is 36.4 Å². The van der Waals surface area contributed by atoms with Gasteiger partial charge in [0.2, 0.25) is 11.8 Å². The Kier molecular flexibility index (Phi) is 6.38. The van der Waals surface area contributed by atoms with Crippen LogP contribution in [-0.2, 0) is 9.59 Å². The predicted molar refractivity (Wildman–Crippen MR) is 116 cm³/mol. The van der Waals surface area contributed by atoms with Gasteiger partial charge in [-0.3, -0.25) is 9.59 Å². The number of alkyl halides is 2. The van der Waals surface area contributed by atoms with Crippen molar-refractivity contribution < 1.29 is 9.59 Å². The molecule has 3 rings (SSSR count). The molecular formula is C19H15Cl5N2O2. The number of hydrogen-bond acceptors (Lipinski definition) is 2. The highest BCUT2D eigenvalue weighted by molar-refractivity contribution is 6.53. The van der Waals surface area contributed by atoms with Crippen molar-refractivity contribution in [1.29, 1.82) is 0 Å². The third-order valence-corrected chi connectivity index (χ3v) is 6.12. The minimum atomic E-state index is -1.27. The lowest BCUT2D eigenvalue weighted by Gasteiger charge is -2.10. The maximum absolute atomic E-state index is 12.8. The normalized spacial score (nSPS) is 19.8. The fourth-order valence-corrected chi connectivity index (χ4v) is 4.52. The smallest absolute Gasteiger partial charge is 0.231 e. The second-order valence-electron chi connectivity index (χ2n) is 6.42. The highest BCUT2D eigenvalue weighted by Gasteiger charge is 2.67. The van der Waals surface area contributed by atoms with Gasteiger partial charge in [-0.25, -0.2) is 0 Å². The van der Waals surface area contributed by atoms with Crippen LogP contribution in [0.3, 0.4) is 0 Å². The van der Waals surface area contributed by atoms with Crippen LogP contribution in [0.1, 0.15) is 24.8 Å². The Morgan fingerprint density at radius 1 is 1.00 bits per heavy atom. The lowest BCUT2D eigenvalue weighted by atomic mass is 10.1. The largest absolute Gasteiger partial charge is 0.326 e. The molecular weight excluding hydrogens is 465 g/mol. The second kappa shape index (κ2) is 8.29. The van der Waals surface area contributed by atoms with Gasteiger partial charge in [0.1, 0.15) is 4.33 Å². The third kappa shape index (κ3) is 4.52. The molecule has 0 aromatic heterocycles. The van der Waals surface area contributed by atoms with Gasteiger partial charge in [-0.05, 0) is 42.0 Å². The highest BCUT2D eigenvalue weighted by Crippen LogP contribution is 2.65. The zero-order valence-electron chi connectivity index (χ0n) is 14.5. The molecule has 0 saturated heterocycles. The number of carbonyl (C=O) groups excluding carboxylic acids is 2. The van der Waals surface area contributed by atoms with Gasteiger partial charge in [0.15, 0.2) is 0 Å². The van der Waals surface area contributed by atoms with Crippen LogP contribution < -0.4 is 10.6 Å². The van der Waals surface area contributed by atoms with E-state index in [0.717, 1.165) is 0 Å². The maximum Gasteiger partial charge on any atom is 0.231 e. The quantitative estimate of drug-likeness (QED) is 0.479. The lowest BCUT2D eigenvalue weighted by molar-refractivity contribution is -0.117. The first-order chi connectivity index (χ1) is 13.1. The summed E-state index contributed by atoms with van der Waals surface area (Å²) in [5.74, 6) is -1.68. The Morgan fingerprint density at radius 2 is 1.64 bits per heavy atom. The van der Waals surface area contributed by atoms with Crippen LogP contribution in [0, 0.1) is 5.92 Å². The standard InChI is InChI=1S/C19H15Cl5N2O2/c1-2-15(27)26-14-8-12(3-4-13(14)22)25-18(28)17-16(19(17,23)24)9-5-10(20)7-11(21)6-9/h3-8,16-17H,2H2,1H3,(H,25,28)(H,26,27). The molecule has 2 amide bonds. The van der Waals surface area contributed by atoms with Gasteiger partial charge in [-0.15, -0.1) is 23.2 Å². The van der Waals surface area contributed by atoms with Crippen LogP contribution in [0.2, 0.25) is 15.1 Å². The second-order valence-corrected chi connectivity index (χ2v) is 9.14. The van der Waals surface area contributed by atoms with Gasteiger partial charge in [0.25, 0.3) is 0 Å². The first kappa shape index (κ1) is 21.5. The molecule has 28 heavy (non-hydrogen) atoms. The monoisotopic (exact) mass is 478 g/mol. The molecule has 0 radical (unpaired) electrons. The van der Waals surface area contributed by atoms with Crippen LogP contribution >= 0.6 is 58.0 Å². The molecule has 0 spiro atoms. The summed E-state index contributed by atoms with van der Waals surface area (Å²) >= 11 is 30.9. The first-order valence-corrected chi connectivity index (χ1v) is 10.3. The number of halogens is 5. The van der Waals surface area contributed by atoms with Crippen molar-refractivity contribution in [2.24, 2.45) is 5.92 Å². The van der Waals surface area contributed by atoms with Gasteiger partial charge < -0.3 is 10.6 Å². The summed E-state index contributed by atoms with van der Waals surface area (Å²) in [6.45, 7) is 1.73. The van der Waals surface area contributed by atoms with Crippen molar-refractivity contribution in [3.8, 4) is 0 Å². The molecule has 1 aliphatic carbocycles. The Labute approximate surface area is 187 Å². The van der Waals surface area contributed by atoms with Gasteiger partial charge in [0.05, 0.1) is 16.6 Å². The van der Waals surface area contributed by atoms with Crippen molar-refractivity contribution in [3.05, 3.63) is 57.0 Å². The number of benzene rings is 2. The first-order valence-electron chi connectivity index (χ1n) is 8.37. The van der Waals surface area contributed by atoms with Crippen LogP contribution in [0.25, 0.3) is 0 Å². The molecule has 9 heteroatoms. The van der Waals surface area contributed by atoms with E-state index in [1.807, 2.05) is 0 Å². The third-order valence-electron chi connectivity index (χ3n) is 4.41. The van der Waals surface area contributed by atoms with Crippen LogP contribution in [-0.4, -0.2) is 16.1 Å². The fourth-order valence-electron chi connectivity index (χ4n) is 2.98. The van der Waals surface area contributed by atoms with E-state index >= 15 is 0 Å². The molecule has 2 aromatic carbocycles. The van der Waals surface area contributed by atoms with E-state index < -0.39 is 16.2 Å². The zero-order chi connectivity index (χ0) is 20.6. The van der Waals surface area contributed by atoms with E-state index in [1.165, 1.54) is 0 Å². The summed E-state index contributed by atoms with van der Waals surface area (Å²) in [5.41, 5.74) is 1.55. The van der Waals surface area contributed by atoms with Crippen molar-refractivity contribution in [3.63, 3.8) is 0 Å². The number of nitrogens with one attached hydrogen (secondary N) is 2. The molecule has 0 aliphatic heterocycles. The molecule has 4 nitrogen and oxygen atoms in total. The molecule has 2 N–H and O–H groups in total. The highest BCUT2D eigenvalue weighted by atomic mass is 35.5. The van der Waals surface area contributed by atoms with Gasteiger partial charge in [-0.2, -0.15) is 0 Å². The van der Waals surface area contributed by atoms with E-state index in [-0.39, 0.29) is 11.8 Å². The Hall–Kier alpha value is -1.17. The van der Waals surface area contributed by atoms with Gasteiger partial charge in [0, 0.05) is 28.1 Å². The summed E-state index contributed by atoms with van der Waals surface area (Å²) in [6.07, 6.45) is 0.305. The summed E-state index contributed by atoms with van der Waals surface area (Å²) in [5, 5.41) is 6.68. The van der Waals surface area contributed by atoms with E-state index in [0.29, 0.717) is 38.4 Å². The average Bonchev–Trinajstić information content (AvgIpc) is 3.19. The average molecular weight is 481 g/mol. The molecule has 148 valence electrons. The SMILES string of the molecule is CCC(=O)Nc1cc(NC(=O)C2C(c3cc(Cl)cc(Cl)c3)C2(Cl)Cl)ccc1Cl. The Bertz CT molecular complexity index is 928. The topological polar surface area (TPSA) is 58.2 Å². The number of hydrogen-bond donors (Lipinski definition) is 2. The molecule has 0 bridgehead atoms. The Balaban J connectivity index is 1.78. The summed E-state index contributed by atoms with van der Waals surface area (Å²) in [4.78, 5) is 24.4. The number of anilines is 2. The van der Waals surface area contributed by atoms with Crippen molar-refractivity contribution in [1.82, 2.24) is 0 Å². The van der Waals surface area contributed by atoms with Gasteiger partial charge in [-0.1, -0.05) is 41.7 Å². The minimum Gasteiger partial charge on any atom is -0.326 e. The molecule has 0 heterocycles. The van der Waals surface area contributed by atoms with Crippen molar-refractivity contribution in [2.75, 3.05) is 10.6 Å². The number of amides is 2. The van der Waals surface area contributed by atoms with E-state index in [4.69, 9.17) is 58.0 Å². The Morgan fingerprint density at radius 3 is 2.25 bits per heavy atom. The molecule has 2 unspecified atom stereocenters. The zero-order valence-corrected chi connectivity index (χ0v) is 18.3. The molecule has 1 fully saturated rings. The molecule has 2 atom stereocenters. The molecule has 1 saturated carbocycles. The van der Waals surface area contributed by atoms with E-state index in [1.54, 1.807) is 43.3 Å². The summed E-state index contributed by atoms with van der Waals surface area (Å²) in [6, 6.07) is 9.74. The van der Waals surface area contributed by atoms with Crippen LogP contribution in [0.4, 0.5) is 11.4 Å².